The highest BCUT2D eigenvalue weighted by molar-refractivity contribution is 5.94. The van der Waals surface area contributed by atoms with Gasteiger partial charge in [0.25, 0.3) is 0 Å². The van der Waals surface area contributed by atoms with Gasteiger partial charge in [-0.3, -0.25) is 9.69 Å². The Hall–Kier alpha value is -1.49. The van der Waals surface area contributed by atoms with Crippen LogP contribution in [0.5, 0.6) is 0 Å². The highest BCUT2D eigenvalue weighted by Crippen LogP contribution is 2.19. The van der Waals surface area contributed by atoms with E-state index in [-0.39, 0.29) is 17.6 Å². The zero-order valence-electron chi connectivity index (χ0n) is 11.7. The number of nitrogens with zero attached hydrogens (tertiary/aromatic N) is 1. The third-order valence-corrected chi connectivity index (χ3v) is 3.78. The van der Waals surface area contributed by atoms with Crippen LogP contribution >= 0.6 is 0 Å². The minimum atomic E-state index is -0.749. The smallest absolute Gasteiger partial charge is 0.241 e. The van der Waals surface area contributed by atoms with E-state index in [9.17, 15) is 13.6 Å². The van der Waals surface area contributed by atoms with Gasteiger partial charge in [-0.2, -0.15) is 0 Å². The molecule has 3 nitrogen and oxygen atoms in total. The van der Waals surface area contributed by atoms with Crippen LogP contribution < -0.4 is 5.32 Å². The SMILES string of the molecule is C[C@@H](C(=O)Nc1c(F)cccc1F)N1CCCCCC1. The fourth-order valence-electron chi connectivity index (χ4n) is 2.49. The van der Waals surface area contributed by atoms with Gasteiger partial charge in [0, 0.05) is 0 Å². The average Bonchev–Trinajstić information content (AvgIpc) is 2.71. The summed E-state index contributed by atoms with van der Waals surface area (Å²) in [5.74, 6) is -1.86. The number of carbonyl (C=O) groups excluding carboxylic acids is 1. The molecule has 5 heteroatoms. The second-order valence-corrected chi connectivity index (χ2v) is 5.21. The summed E-state index contributed by atoms with van der Waals surface area (Å²) in [6, 6.07) is 3.16. The summed E-state index contributed by atoms with van der Waals surface area (Å²) < 4.78 is 27.0. The maximum Gasteiger partial charge on any atom is 0.241 e. The molecule has 1 aliphatic heterocycles. The molecule has 1 aliphatic rings. The van der Waals surface area contributed by atoms with Gasteiger partial charge in [-0.25, -0.2) is 8.78 Å². The first-order valence-corrected chi connectivity index (χ1v) is 7.08. The number of anilines is 1. The van der Waals surface area contributed by atoms with Crippen molar-refractivity contribution in [1.29, 1.82) is 0 Å². The third kappa shape index (κ3) is 3.54. The molecule has 1 saturated heterocycles. The molecule has 1 amide bonds. The van der Waals surface area contributed by atoms with Gasteiger partial charge in [0.2, 0.25) is 5.91 Å². The van der Waals surface area contributed by atoms with Crippen molar-refractivity contribution in [1.82, 2.24) is 4.90 Å². The van der Waals surface area contributed by atoms with Crippen molar-refractivity contribution >= 4 is 11.6 Å². The maximum atomic E-state index is 13.5. The number of amides is 1. The molecule has 0 radical (unpaired) electrons. The molecule has 20 heavy (non-hydrogen) atoms. The van der Waals surface area contributed by atoms with Crippen LogP contribution in [0.2, 0.25) is 0 Å². The van der Waals surface area contributed by atoms with Crippen molar-refractivity contribution in [3.63, 3.8) is 0 Å². The molecule has 0 bridgehead atoms. The minimum absolute atomic E-state index is 0.362. The van der Waals surface area contributed by atoms with Gasteiger partial charge in [0.15, 0.2) is 0 Å². The summed E-state index contributed by atoms with van der Waals surface area (Å²) in [6.45, 7) is 3.49. The number of para-hydroxylation sites is 1. The predicted octanol–water partition coefficient (Wildman–Crippen LogP) is 3.17. The van der Waals surface area contributed by atoms with Crippen LogP contribution in [0, 0.1) is 11.6 Å². The average molecular weight is 282 g/mol. The lowest BCUT2D eigenvalue weighted by Gasteiger charge is -2.26. The van der Waals surface area contributed by atoms with Crippen molar-refractivity contribution in [3.8, 4) is 0 Å². The Kier molecular flexibility index (Phi) is 5.06. The molecule has 1 fully saturated rings. The largest absolute Gasteiger partial charge is 0.320 e. The Morgan fingerprint density at radius 3 is 2.25 bits per heavy atom. The fraction of sp³-hybridized carbons (Fsp3) is 0.533. The molecule has 1 N–H and O–H groups in total. The number of hydrogen-bond donors (Lipinski definition) is 1. The van der Waals surface area contributed by atoms with Gasteiger partial charge in [0.1, 0.15) is 17.3 Å². The van der Waals surface area contributed by atoms with Crippen LogP contribution in [-0.4, -0.2) is 29.9 Å². The predicted molar refractivity (Wildman–Crippen MR) is 74.5 cm³/mol. The Labute approximate surface area is 118 Å². The van der Waals surface area contributed by atoms with Gasteiger partial charge in [0.05, 0.1) is 6.04 Å². The summed E-state index contributed by atoms with van der Waals surface area (Å²) in [5, 5.41) is 2.37. The van der Waals surface area contributed by atoms with Crippen LogP contribution in [0.1, 0.15) is 32.6 Å². The first kappa shape index (κ1) is 14.9. The van der Waals surface area contributed by atoms with E-state index in [4.69, 9.17) is 0 Å². The number of nitrogens with one attached hydrogen (secondary N) is 1. The molecular formula is C15H20F2N2O. The normalized spacial score (nSPS) is 18.4. The molecule has 1 aromatic rings. The molecule has 2 rings (SSSR count). The van der Waals surface area contributed by atoms with E-state index in [1.54, 1.807) is 6.92 Å². The minimum Gasteiger partial charge on any atom is -0.320 e. The molecule has 0 aromatic heterocycles. The summed E-state index contributed by atoms with van der Waals surface area (Å²) in [4.78, 5) is 14.2. The Morgan fingerprint density at radius 2 is 1.70 bits per heavy atom. The van der Waals surface area contributed by atoms with Gasteiger partial charge >= 0.3 is 0 Å². The standard InChI is InChI=1S/C15H20F2N2O/c1-11(19-9-4-2-3-5-10-19)15(20)18-14-12(16)7-6-8-13(14)17/h6-8,11H,2-5,9-10H2,1H3,(H,18,20)/t11-/m0/s1. The summed E-state index contributed by atoms with van der Waals surface area (Å²) >= 11 is 0. The molecular weight excluding hydrogens is 262 g/mol. The number of carbonyl (C=O) groups is 1. The number of halogens is 2. The molecule has 0 saturated carbocycles. The van der Waals surface area contributed by atoms with E-state index in [2.05, 4.69) is 10.2 Å². The van der Waals surface area contributed by atoms with Crippen LogP contribution in [0.3, 0.4) is 0 Å². The van der Waals surface area contributed by atoms with Crippen molar-refractivity contribution in [2.24, 2.45) is 0 Å². The molecule has 1 aromatic carbocycles. The topological polar surface area (TPSA) is 32.3 Å². The monoisotopic (exact) mass is 282 g/mol. The molecule has 1 heterocycles. The highest BCUT2D eigenvalue weighted by atomic mass is 19.1. The zero-order chi connectivity index (χ0) is 14.5. The van der Waals surface area contributed by atoms with Crippen LogP contribution in [0.4, 0.5) is 14.5 Å². The Bertz CT molecular complexity index is 451. The lowest BCUT2D eigenvalue weighted by Crippen LogP contribution is -2.42. The second kappa shape index (κ2) is 6.79. The Balaban J connectivity index is 2.03. The quantitative estimate of drug-likeness (QED) is 0.923. The number of hydrogen-bond acceptors (Lipinski definition) is 2. The van der Waals surface area contributed by atoms with Crippen LogP contribution in [-0.2, 0) is 4.79 Å². The first-order valence-electron chi connectivity index (χ1n) is 7.08. The molecule has 0 aliphatic carbocycles. The first-order chi connectivity index (χ1) is 9.59. The number of rotatable bonds is 3. The van der Waals surface area contributed by atoms with E-state index in [0.717, 1.165) is 38.1 Å². The van der Waals surface area contributed by atoms with E-state index in [0.29, 0.717) is 0 Å². The van der Waals surface area contributed by atoms with Crippen LogP contribution in [0.25, 0.3) is 0 Å². The lowest BCUT2D eigenvalue weighted by atomic mass is 10.2. The van der Waals surface area contributed by atoms with Gasteiger partial charge in [-0.15, -0.1) is 0 Å². The van der Waals surface area contributed by atoms with E-state index >= 15 is 0 Å². The van der Waals surface area contributed by atoms with E-state index < -0.39 is 11.6 Å². The lowest BCUT2D eigenvalue weighted by molar-refractivity contribution is -0.120. The zero-order valence-corrected chi connectivity index (χ0v) is 11.7. The second-order valence-electron chi connectivity index (χ2n) is 5.21. The van der Waals surface area contributed by atoms with E-state index in [1.165, 1.54) is 18.9 Å². The van der Waals surface area contributed by atoms with Gasteiger partial charge in [-0.05, 0) is 45.0 Å². The van der Waals surface area contributed by atoms with Crippen molar-refractivity contribution in [3.05, 3.63) is 29.8 Å². The summed E-state index contributed by atoms with van der Waals surface area (Å²) in [7, 11) is 0. The van der Waals surface area contributed by atoms with Gasteiger partial charge < -0.3 is 5.32 Å². The van der Waals surface area contributed by atoms with Crippen molar-refractivity contribution in [2.75, 3.05) is 18.4 Å². The summed E-state index contributed by atoms with van der Waals surface area (Å²) in [6.07, 6.45) is 4.47. The van der Waals surface area contributed by atoms with E-state index in [1.807, 2.05) is 0 Å². The van der Waals surface area contributed by atoms with Crippen molar-refractivity contribution < 1.29 is 13.6 Å². The van der Waals surface area contributed by atoms with Crippen LogP contribution in [0.15, 0.2) is 18.2 Å². The molecule has 0 unspecified atom stereocenters. The van der Waals surface area contributed by atoms with Crippen molar-refractivity contribution in [2.45, 2.75) is 38.6 Å². The number of benzene rings is 1. The molecule has 110 valence electrons. The Morgan fingerprint density at radius 1 is 1.15 bits per heavy atom. The fourth-order valence-corrected chi connectivity index (χ4v) is 2.49. The number of likely N-dealkylation sites (tertiary alicyclic amines) is 1. The summed E-state index contributed by atoms with van der Waals surface area (Å²) in [5.41, 5.74) is -0.362. The maximum absolute atomic E-state index is 13.5. The molecule has 0 spiro atoms. The van der Waals surface area contributed by atoms with Gasteiger partial charge in [-0.1, -0.05) is 18.9 Å². The molecule has 1 atom stereocenters. The highest BCUT2D eigenvalue weighted by Gasteiger charge is 2.23. The third-order valence-electron chi connectivity index (χ3n) is 3.78.